The third-order valence-electron chi connectivity index (χ3n) is 3.74. The predicted molar refractivity (Wildman–Crippen MR) is 90.2 cm³/mol. The summed E-state index contributed by atoms with van der Waals surface area (Å²) in [7, 11) is 0. The van der Waals surface area contributed by atoms with Crippen molar-refractivity contribution in [2.24, 2.45) is 0 Å². The molecule has 112 valence electrons. The van der Waals surface area contributed by atoms with Gasteiger partial charge in [0, 0.05) is 0 Å². The molecule has 1 atom stereocenters. The molecule has 3 heteroatoms. The van der Waals surface area contributed by atoms with Crippen molar-refractivity contribution in [3.05, 3.63) is 68.9 Å². The van der Waals surface area contributed by atoms with E-state index in [1.165, 1.54) is 22.8 Å². The molecular formula is C18H21BrFN. The van der Waals surface area contributed by atoms with Gasteiger partial charge in [-0.15, -0.1) is 0 Å². The minimum Gasteiger partial charge on any atom is -0.306 e. The molecule has 1 N–H and O–H groups in total. The lowest BCUT2D eigenvalue weighted by atomic mass is 9.95. The van der Waals surface area contributed by atoms with Crippen LogP contribution in [0.2, 0.25) is 0 Å². The summed E-state index contributed by atoms with van der Waals surface area (Å²) in [5.74, 6) is -0.229. The second-order valence-electron chi connectivity index (χ2n) is 5.40. The van der Waals surface area contributed by atoms with Crippen molar-refractivity contribution < 1.29 is 4.39 Å². The molecule has 0 aliphatic carbocycles. The van der Waals surface area contributed by atoms with Crippen LogP contribution < -0.4 is 5.32 Å². The lowest BCUT2D eigenvalue weighted by molar-refractivity contribution is 0.590. The number of benzene rings is 2. The summed E-state index contributed by atoms with van der Waals surface area (Å²) < 4.78 is 14.0. The molecule has 2 aromatic rings. The van der Waals surface area contributed by atoms with E-state index in [2.05, 4.69) is 60.2 Å². The molecule has 21 heavy (non-hydrogen) atoms. The highest BCUT2D eigenvalue weighted by molar-refractivity contribution is 9.10. The molecule has 2 rings (SSSR count). The van der Waals surface area contributed by atoms with Crippen LogP contribution in [0.1, 0.15) is 41.6 Å². The summed E-state index contributed by atoms with van der Waals surface area (Å²) in [6, 6.07) is 11.8. The molecule has 0 aromatic heterocycles. The SMILES string of the molecule is CCCNC(c1ccc(C)c(C)c1)c1ccc(F)c(Br)c1. The molecule has 0 amide bonds. The van der Waals surface area contributed by atoms with Crippen LogP contribution in [0.5, 0.6) is 0 Å². The van der Waals surface area contributed by atoms with E-state index < -0.39 is 0 Å². The zero-order valence-corrected chi connectivity index (χ0v) is 14.3. The van der Waals surface area contributed by atoms with Crippen LogP contribution in [0.4, 0.5) is 4.39 Å². The summed E-state index contributed by atoms with van der Waals surface area (Å²) in [5, 5.41) is 3.55. The van der Waals surface area contributed by atoms with Gasteiger partial charge in [-0.3, -0.25) is 0 Å². The minimum atomic E-state index is -0.229. The van der Waals surface area contributed by atoms with Crippen LogP contribution in [0, 0.1) is 19.7 Å². The molecule has 0 saturated carbocycles. The van der Waals surface area contributed by atoms with Gasteiger partial charge in [0.05, 0.1) is 10.5 Å². The number of aryl methyl sites for hydroxylation is 2. The van der Waals surface area contributed by atoms with Gasteiger partial charge in [-0.2, -0.15) is 0 Å². The molecule has 0 fully saturated rings. The third kappa shape index (κ3) is 3.92. The van der Waals surface area contributed by atoms with Crippen molar-refractivity contribution in [2.45, 2.75) is 33.2 Å². The van der Waals surface area contributed by atoms with Crippen molar-refractivity contribution in [1.82, 2.24) is 5.32 Å². The zero-order chi connectivity index (χ0) is 15.4. The first kappa shape index (κ1) is 16.2. The fourth-order valence-electron chi connectivity index (χ4n) is 2.35. The van der Waals surface area contributed by atoms with E-state index in [0.717, 1.165) is 18.5 Å². The average Bonchev–Trinajstić information content (AvgIpc) is 2.46. The van der Waals surface area contributed by atoms with Gasteiger partial charge >= 0.3 is 0 Å². The standard InChI is InChI=1S/C18H21BrFN/c1-4-9-21-18(14-6-5-12(2)13(3)10-14)15-7-8-17(20)16(19)11-15/h5-8,10-11,18,21H,4,9H2,1-3H3. The maximum atomic E-state index is 13.5. The van der Waals surface area contributed by atoms with Gasteiger partial charge in [0.25, 0.3) is 0 Å². The second-order valence-corrected chi connectivity index (χ2v) is 6.26. The van der Waals surface area contributed by atoms with Crippen LogP contribution in [0.3, 0.4) is 0 Å². The van der Waals surface area contributed by atoms with Gasteiger partial charge in [0.1, 0.15) is 5.82 Å². The van der Waals surface area contributed by atoms with E-state index in [4.69, 9.17) is 0 Å². The van der Waals surface area contributed by atoms with E-state index in [1.807, 2.05) is 12.1 Å². The molecule has 1 nitrogen and oxygen atoms in total. The van der Waals surface area contributed by atoms with Crippen LogP contribution >= 0.6 is 15.9 Å². The monoisotopic (exact) mass is 349 g/mol. The second kappa shape index (κ2) is 7.19. The van der Waals surface area contributed by atoms with Crippen LogP contribution in [-0.4, -0.2) is 6.54 Å². The lowest BCUT2D eigenvalue weighted by Crippen LogP contribution is -2.23. The molecule has 0 radical (unpaired) electrons. The number of hydrogen-bond acceptors (Lipinski definition) is 1. The molecule has 0 spiro atoms. The van der Waals surface area contributed by atoms with Gasteiger partial charge in [-0.1, -0.05) is 31.2 Å². The van der Waals surface area contributed by atoms with E-state index in [1.54, 1.807) is 0 Å². The smallest absolute Gasteiger partial charge is 0.137 e. The van der Waals surface area contributed by atoms with E-state index in [0.29, 0.717) is 4.47 Å². The predicted octanol–water partition coefficient (Wildman–Crippen LogP) is 5.29. The zero-order valence-electron chi connectivity index (χ0n) is 12.7. The Morgan fingerprint density at radius 1 is 1.05 bits per heavy atom. The first-order valence-corrected chi connectivity index (χ1v) is 8.07. The molecule has 0 heterocycles. The fourth-order valence-corrected chi connectivity index (χ4v) is 2.75. The normalized spacial score (nSPS) is 12.4. The summed E-state index contributed by atoms with van der Waals surface area (Å²) in [6.45, 7) is 7.30. The topological polar surface area (TPSA) is 12.0 Å². The van der Waals surface area contributed by atoms with E-state index >= 15 is 0 Å². The quantitative estimate of drug-likeness (QED) is 0.772. The average molecular weight is 350 g/mol. The Kier molecular flexibility index (Phi) is 5.54. The number of halogens is 2. The Balaban J connectivity index is 2.41. The molecule has 2 aromatic carbocycles. The highest BCUT2D eigenvalue weighted by atomic mass is 79.9. The minimum absolute atomic E-state index is 0.0844. The largest absolute Gasteiger partial charge is 0.306 e. The van der Waals surface area contributed by atoms with Crippen LogP contribution in [0.25, 0.3) is 0 Å². The Morgan fingerprint density at radius 3 is 2.33 bits per heavy atom. The van der Waals surface area contributed by atoms with Crippen LogP contribution in [0.15, 0.2) is 40.9 Å². The van der Waals surface area contributed by atoms with Crippen LogP contribution in [-0.2, 0) is 0 Å². The third-order valence-corrected chi connectivity index (χ3v) is 4.35. The summed E-state index contributed by atoms with van der Waals surface area (Å²) in [5.41, 5.74) is 4.84. The van der Waals surface area contributed by atoms with Crippen molar-refractivity contribution in [3.8, 4) is 0 Å². The first-order valence-electron chi connectivity index (χ1n) is 7.28. The van der Waals surface area contributed by atoms with Crippen molar-refractivity contribution in [2.75, 3.05) is 6.54 Å². The van der Waals surface area contributed by atoms with E-state index in [-0.39, 0.29) is 11.9 Å². The molecule has 0 aliphatic heterocycles. The summed E-state index contributed by atoms with van der Waals surface area (Å²) >= 11 is 3.28. The van der Waals surface area contributed by atoms with Gasteiger partial charge in [0.2, 0.25) is 0 Å². The Bertz CT molecular complexity index is 573. The van der Waals surface area contributed by atoms with Gasteiger partial charge in [-0.25, -0.2) is 4.39 Å². The fraction of sp³-hybridized carbons (Fsp3) is 0.333. The van der Waals surface area contributed by atoms with Crippen molar-refractivity contribution in [3.63, 3.8) is 0 Å². The molecule has 1 unspecified atom stereocenters. The molecule has 0 saturated heterocycles. The van der Waals surface area contributed by atoms with Gasteiger partial charge in [0.15, 0.2) is 0 Å². The molecule has 0 bridgehead atoms. The van der Waals surface area contributed by atoms with Gasteiger partial charge in [-0.05, 0) is 77.1 Å². The lowest BCUT2D eigenvalue weighted by Gasteiger charge is -2.21. The van der Waals surface area contributed by atoms with Crippen molar-refractivity contribution >= 4 is 15.9 Å². The summed E-state index contributed by atoms with van der Waals surface area (Å²) in [6.07, 6.45) is 1.06. The highest BCUT2D eigenvalue weighted by Crippen LogP contribution is 2.27. The first-order chi connectivity index (χ1) is 10.0. The number of nitrogens with one attached hydrogen (secondary N) is 1. The Labute approximate surface area is 134 Å². The molecular weight excluding hydrogens is 329 g/mol. The number of rotatable bonds is 5. The van der Waals surface area contributed by atoms with Crippen molar-refractivity contribution in [1.29, 1.82) is 0 Å². The molecule has 0 aliphatic rings. The maximum Gasteiger partial charge on any atom is 0.137 e. The Morgan fingerprint density at radius 2 is 1.71 bits per heavy atom. The number of hydrogen-bond donors (Lipinski definition) is 1. The summed E-state index contributed by atoms with van der Waals surface area (Å²) in [4.78, 5) is 0. The maximum absolute atomic E-state index is 13.5. The van der Waals surface area contributed by atoms with E-state index in [9.17, 15) is 4.39 Å². The van der Waals surface area contributed by atoms with Gasteiger partial charge < -0.3 is 5.32 Å². The highest BCUT2D eigenvalue weighted by Gasteiger charge is 2.15. The Hall–Kier alpha value is -1.19.